The maximum atomic E-state index is 14.8. The summed E-state index contributed by atoms with van der Waals surface area (Å²) in [5.41, 5.74) is 0.126. The Morgan fingerprint density at radius 1 is 1.21 bits per heavy atom. The number of rotatable bonds is 8. The van der Waals surface area contributed by atoms with Crippen molar-refractivity contribution in [2.75, 3.05) is 20.2 Å². The fourth-order valence-corrected chi connectivity index (χ4v) is 5.24. The number of pyridine rings is 1. The number of fused-ring (bicyclic) bond motifs is 1. The van der Waals surface area contributed by atoms with Gasteiger partial charge in [-0.05, 0) is 68.5 Å². The van der Waals surface area contributed by atoms with Crippen LogP contribution in [0.15, 0.2) is 36.5 Å². The van der Waals surface area contributed by atoms with E-state index < -0.39 is 46.8 Å². The third-order valence-corrected chi connectivity index (χ3v) is 7.26. The van der Waals surface area contributed by atoms with Crippen molar-refractivity contribution >= 4 is 16.9 Å². The predicted octanol–water partition coefficient (Wildman–Crippen LogP) is 4.98. The SMILES string of the molecule is COc1ccc2ncc(F)c([C@H](O)CCC3CCNCC3[C@H](CC#Cc3cc(F)cc(F)c3F)C(=O)O)c2c1. The highest BCUT2D eigenvalue weighted by molar-refractivity contribution is 5.84. The molecule has 0 bridgehead atoms. The van der Waals surface area contributed by atoms with Crippen LogP contribution in [0.1, 0.15) is 42.9 Å². The molecule has 2 aromatic carbocycles. The Labute approximate surface area is 223 Å². The summed E-state index contributed by atoms with van der Waals surface area (Å²) in [4.78, 5) is 16.2. The van der Waals surface area contributed by atoms with Crippen molar-refractivity contribution in [3.8, 4) is 17.6 Å². The number of benzene rings is 2. The minimum atomic E-state index is -1.37. The molecule has 0 radical (unpaired) electrons. The Balaban J connectivity index is 1.51. The average Bonchev–Trinajstić information content (AvgIpc) is 2.92. The summed E-state index contributed by atoms with van der Waals surface area (Å²) in [5, 5.41) is 24.6. The van der Waals surface area contributed by atoms with Crippen LogP contribution >= 0.6 is 0 Å². The molecule has 0 saturated carbocycles. The van der Waals surface area contributed by atoms with E-state index in [1.165, 1.54) is 7.11 Å². The molecule has 1 aliphatic rings. The Morgan fingerprint density at radius 2 is 2.00 bits per heavy atom. The minimum absolute atomic E-state index is 0.106. The fourth-order valence-electron chi connectivity index (χ4n) is 5.24. The van der Waals surface area contributed by atoms with Crippen LogP contribution in [0, 0.1) is 52.9 Å². The number of carbonyl (C=O) groups is 1. The van der Waals surface area contributed by atoms with E-state index >= 15 is 0 Å². The maximum absolute atomic E-state index is 14.8. The molecule has 10 heteroatoms. The summed E-state index contributed by atoms with van der Waals surface area (Å²) in [5.74, 6) is -1.45. The van der Waals surface area contributed by atoms with Gasteiger partial charge in [-0.1, -0.05) is 11.8 Å². The number of aromatic nitrogens is 1. The van der Waals surface area contributed by atoms with E-state index in [0.717, 1.165) is 12.3 Å². The van der Waals surface area contributed by atoms with Crippen LogP contribution in [0.5, 0.6) is 5.75 Å². The van der Waals surface area contributed by atoms with E-state index in [-0.39, 0.29) is 30.2 Å². The van der Waals surface area contributed by atoms with Gasteiger partial charge in [0.05, 0.1) is 36.4 Å². The molecule has 1 aliphatic heterocycles. The van der Waals surface area contributed by atoms with Gasteiger partial charge in [0.1, 0.15) is 17.4 Å². The quantitative estimate of drug-likeness (QED) is 0.211. The summed E-state index contributed by atoms with van der Waals surface area (Å²) in [6.45, 7) is 1.03. The zero-order chi connectivity index (χ0) is 28.1. The zero-order valence-corrected chi connectivity index (χ0v) is 21.2. The predicted molar refractivity (Wildman–Crippen MR) is 136 cm³/mol. The molecular weight excluding hydrogens is 516 g/mol. The number of aliphatic hydroxyl groups excluding tert-OH is 1. The number of aliphatic carboxylic acids is 1. The van der Waals surface area contributed by atoms with Crippen molar-refractivity contribution in [3.63, 3.8) is 0 Å². The Hall–Kier alpha value is -3.68. The lowest BCUT2D eigenvalue weighted by Crippen LogP contribution is -2.43. The number of nitrogens with one attached hydrogen (secondary N) is 1. The smallest absolute Gasteiger partial charge is 0.307 e. The van der Waals surface area contributed by atoms with E-state index in [9.17, 15) is 32.6 Å². The number of piperidine rings is 1. The van der Waals surface area contributed by atoms with Gasteiger partial charge in [-0.25, -0.2) is 17.6 Å². The van der Waals surface area contributed by atoms with Crippen molar-refractivity contribution in [2.24, 2.45) is 17.8 Å². The first-order chi connectivity index (χ1) is 18.7. The highest BCUT2D eigenvalue weighted by Gasteiger charge is 2.36. The van der Waals surface area contributed by atoms with Gasteiger partial charge >= 0.3 is 5.97 Å². The van der Waals surface area contributed by atoms with Gasteiger partial charge in [-0.15, -0.1) is 0 Å². The number of carboxylic acids is 1. The molecule has 2 heterocycles. The van der Waals surface area contributed by atoms with Gasteiger partial charge in [0.15, 0.2) is 11.6 Å². The number of methoxy groups -OCH3 is 1. The average molecular weight is 545 g/mol. The van der Waals surface area contributed by atoms with Crippen molar-refractivity contribution in [1.82, 2.24) is 10.3 Å². The van der Waals surface area contributed by atoms with Gasteiger partial charge in [0, 0.05) is 23.4 Å². The first kappa shape index (κ1) is 28.3. The summed E-state index contributed by atoms with van der Waals surface area (Å²) >= 11 is 0. The van der Waals surface area contributed by atoms with Gasteiger partial charge in [0.25, 0.3) is 0 Å². The molecule has 6 nitrogen and oxygen atoms in total. The monoisotopic (exact) mass is 544 g/mol. The summed E-state index contributed by atoms with van der Waals surface area (Å²) in [6.07, 6.45) is 0.967. The number of carboxylic acid groups (broad SMARTS) is 1. The fraction of sp³-hybridized carbons (Fsp3) is 0.379. The third-order valence-electron chi connectivity index (χ3n) is 7.26. The van der Waals surface area contributed by atoms with E-state index in [2.05, 4.69) is 22.1 Å². The van der Waals surface area contributed by atoms with Crippen LogP contribution in [0.4, 0.5) is 17.6 Å². The molecule has 0 amide bonds. The molecule has 3 N–H and O–H groups in total. The lowest BCUT2D eigenvalue weighted by Gasteiger charge is -2.36. The van der Waals surface area contributed by atoms with Crippen LogP contribution in [-0.2, 0) is 4.79 Å². The minimum Gasteiger partial charge on any atom is -0.497 e. The zero-order valence-electron chi connectivity index (χ0n) is 21.2. The van der Waals surface area contributed by atoms with E-state index in [4.69, 9.17) is 4.74 Å². The second-order valence-electron chi connectivity index (χ2n) is 9.61. The van der Waals surface area contributed by atoms with Gasteiger partial charge in [0.2, 0.25) is 0 Å². The van der Waals surface area contributed by atoms with Crippen LogP contribution in [-0.4, -0.2) is 41.4 Å². The van der Waals surface area contributed by atoms with Crippen molar-refractivity contribution in [3.05, 3.63) is 70.9 Å². The largest absolute Gasteiger partial charge is 0.497 e. The third kappa shape index (κ3) is 6.49. The van der Waals surface area contributed by atoms with Crippen LogP contribution in [0.3, 0.4) is 0 Å². The van der Waals surface area contributed by atoms with E-state index in [1.807, 2.05) is 0 Å². The van der Waals surface area contributed by atoms with Gasteiger partial charge < -0.3 is 20.3 Å². The highest BCUT2D eigenvalue weighted by atomic mass is 19.2. The van der Waals surface area contributed by atoms with Crippen molar-refractivity contribution in [2.45, 2.75) is 31.8 Å². The molecule has 206 valence electrons. The molecule has 1 fully saturated rings. The van der Waals surface area contributed by atoms with E-state index in [0.29, 0.717) is 48.6 Å². The molecule has 0 spiro atoms. The summed E-state index contributed by atoms with van der Waals surface area (Å²) < 4.78 is 60.9. The number of nitrogens with zero attached hydrogens (tertiary/aromatic N) is 1. The first-order valence-electron chi connectivity index (χ1n) is 12.6. The molecule has 0 aliphatic carbocycles. The maximum Gasteiger partial charge on any atom is 0.307 e. The number of halogens is 4. The first-order valence-corrected chi connectivity index (χ1v) is 12.6. The van der Waals surface area contributed by atoms with Crippen molar-refractivity contribution in [1.29, 1.82) is 0 Å². The molecule has 4 rings (SSSR count). The van der Waals surface area contributed by atoms with Crippen LogP contribution in [0.25, 0.3) is 10.9 Å². The second kappa shape index (κ2) is 12.5. The molecule has 3 aromatic rings. The number of hydrogen-bond acceptors (Lipinski definition) is 5. The van der Waals surface area contributed by atoms with Crippen LogP contribution in [0.2, 0.25) is 0 Å². The molecule has 1 aromatic heterocycles. The summed E-state index contributed by atoms with van der Waals surface area (Å²) in [7, 11) is 1.48. The topological polar surface area (TPSA) is 91.7 Å². The number of hydrogen-bond donors (Lipinski definition) is 3. The van der Waals surface area contributed by atoms with E-state index in [1.54, 1.807) is 18.2 Å². The number of aliphatic hydroxyl groups is 1. The molecule has 1 saturated heterocycles. The van der Waals surface area contributed by atoms with Crippen molar-refractivity contribution < 1.29 is 37.3 Å². The number of ether oxygens (including phenoxy) is 1. The van der Waals surface area contributed by atoms with Crippen LogP contribution < -0.4 is 10.1 Å². The molecular formula is C29H28F4N2O4. The Bertz CT molecular complexity index is 1420. The molecule has 2 unspecified atom stereocenters. The standard InChI is InChI=1S/C29H28F4N2O4/c1-39-19-6-7-25-21(13-19)27(24(32)15-35-25)26(36)8-5-16-9-10-34-14-22(16)20(29(37)38)4-2-3-17-11-18(30)12-23(31)28(17)33/h6-7,11-13,15-16,20,22,26,34,36H,4-5,8-10,14H2,1H3,(H,37,38)/t16?,20-,22?,26+/m0/s1. The molecule has 39 heavy (non-hydrogen) atoms. The normalized spacial score (nSPS) is 18.7. The lowest BCUT2D eigenvalue weighted by molar-refractivity contribution is -0.144. The van der Waals surface area contributed by atoms with Gasteiger partial charge in [-0.3, -0.25) is 9.78 Å². The Kier molecular flexibility index (Phi) is 9.04. The van der Waals surface area contributed by atoms with Gasteiger partial charge in [-0.2, -0.15) is 0 Å². The molecule has 4 atom stereocenters. The lowest BCUT2D eigenvalue weighted by atomic mass is 9.74. The Morgan fingerprint density at radius 3 is 2.74 bits per heavy atom. The second-order valence-corrected chi connectivity index (χ2v) is 9.61. The highest BCUT2D eigenvalue weighted by Crippen LogP contribution is 2.36. The summed E-state index contributed by atoms with van der Waals surface area (Å²) in [6, 6.07) is 6.14.